The molecule has 7 heteroatoms. The first-order valence-corrected chi connectivity index (χ1v) is 10.2. The molecule has 1 amide bonds. The second-order valence-corrected chi connectivity index (χ2v) is 7.77. The van der Waals surface area contributed by atoms with Gasteiger partial charge < -0.3 is 14.4 Å². The Labute approximate surface area is 181 Å². The quantitative estimate of drug-likeness (QED) is 0.623. The molecular formula is C23H24ClN3O3. The molecule has 1 aliphatic rings. The Morgan fingerprint density at radius 2 is 1.67 bits per heavy atom. The third kappa shape index (κ3) is 3.52. The SMILES string of the molecule is COc1cc2c(cc1OC)CN(C(=O)c1ccc(-n3nc(C)c(Cl)c3C)cc1)CC2. The predicted molar refractivity (Wildman–Crippen MR) is 116 cm³/mol. The molecule has 2 heterocycles. The lowest BCUT2D eigenvalue weighted by atomic mass is 9.98. The number of fused-ring (bicyclic) bond motifs is 1. The van der Waals surface area contributed by atoms with E-state index < -0.39 is 0 Å². The van der Waals surface area contributed by atoms with Crippen LogP contribution in [0.3, 0.4) is 0 Å². The van der Waals surface area contributed by atoms with Crippen LogP contribution in [0.15, 0.2) is 36.4 Å². The Kier molecular flexibility index (Phi) is 5.43. The van der Waals surface area contributed by atoms with Crippen molar-refractivity contribution < 1.29 is 14.3 Å². The minimum absolute atomic E-state index is 0.00776. The fraction of sp³-hybridized carbons (Fsp3) is 0.304. The number of benzene rings is 2. The number of aryl methyl sites for hydroxylation is 1. The highest BCUT2D eigenvalue weighted by Crippen LogP contribution is 2.33. The van der Waals surface area contributed by atoms with E-state index in [1.807, 2.05) is 55.1 Å². The molecule has 4 rings (SSSR count). The van der Waals surface area contributed by atoms with Crippen LogP contribution < -0.4 is 9.47 Å². The van der Waals surface area contributed by atoms with Crippen molar-refractivity contribution in [3.05, 3.63) is 69.5 Å². The number of nitrogens with zero attached hydrogens (tertiary/aromatic N) is 3. The normalized spacial score (nSPS) is 13.2. The second kappa shape index (κ2) is 8.03. The van der Waals surface area contributed by atoms with Gasteiger partial charge in [0.15, 0.2) is 11.5 Å². The fourth-order valence-electron chi connectivity index (χ4n) is 3.86. The van der Waals surface area contributed by atoms with Gasteiger partial charge in [-0.3, -0.25) is 4.79 Å². The van der Waals surface area contributed by atoms with Gasteiger partial charge in [0.25, 0.3) is 5.91 Å². The summed E-state index contributed by atoms with van der Waals surface area (Å²) in [6.07, 6.45) is 0.782. The number of hydrogen-bond donors (Lipinski definition) is 0. The van der Waals surface area contributed by atoms with Crippen LogP contribution in [0.25, 0.3) is 5.69 Å². The lowest BCUT2D eigenvalue weighted by Crippen LogP contribution is -2.36. The van der Waals surface area contributed by atoms with Crippen molar-refractivity contribution in [1.82, 2.24) is 14.7 Å². The zero-order valence-corrected chi connectivity index (χ0v) is 18.3. The van der Waals surface area contributed by atoms with Gasteiger partial charge in [-0.1, -0.05) is 11.6 Å². The van der Waals surface area contributed by atoms with E-state index >= 15 is 0 Å². The van der Waals surface area contributed by atoms with E-state index in [2.05, 4.69) is 5.10 Å². The number of hydrogen-bond acceptors (Lipinski definition) is 4. The van der Waals surface area contributed by atoms with Crippen LogP contribution in [0, 0.1) is 13.8 Å². The molecule has 1 aromatic heterocycles. The third-order valence-electron chi connectivity index (χ3n) is 5.57. The number of carbonyl (C=O) groups is 1. The molecule has 6 nitrogen and oxygen atoms in total. The van der Waals surface area contributed by atoms with Crippen LogP contribution in [0.2, 0.25) is 5.02 Å². The molecule has 3 aromatic rings. The number of amides is 1. The average Bonchev–Trinajstić information content (AvgIpc) is 3.04. The minimum atomic E-state index is 0.00776. The summed E-state index contributed by atoms with van der Waals surface area (Å²) in [5.74, 6) is 1.41. The maximum absolute atomic E-state index is 13.1. The average molecular weight is 426 g/mol. The van der Waals surface area contributed by atoms with Gasteiger partial charge in [0.1, 0.15) is 0 Å². The second-order valence-electron chi connectivity index (χ2n) is 7.40. The van der Waals surface area contributed by atoms with E-state index in [0.717, 1.165) is 34.8 Å². The van der Waals surface area contributed by atoms with Crippen LogP contribution in [-0.4, -0.2) is 41.4 Å². The van der Waals surface area contributed by atoms with Gasteiger partial charge in [0.05, 0.1) is 36.3 Å². The highest BCUT2D eigenvalue weighted by Gasteiger charge is 2.24. The van der Waals surface area contributed by atoms with Gasteiger partial charge in [0.2, 0.25) is 0 Å². The predicted octanol–water partition coefficient (Wildman–Crippen LogP) is 4.36. The zero-order valence-electron chi connectivity index (χ0n) is 17.5. The van der Waals surface area contributed by atoms with E-state index in [-0.39, 0.29) is 5.91 Å². The summed E-state index contributed by atoms with van der Waals surface area (Å²) in [6.45, 7) is 5.01. The molecule has 0 spiro atoms. The highest BCUT2D eigenvalue weighted by molar-refractivity contribution is 6.31. The van der Waals surface area contributed by atoms with Crippen LogP contribution >= 0.6 is 11.6 Å². The minimum Gasteiger partial charge on any atom is -0.493 e. The van der Waals surface area contributed by atoms with Crippen molar-refractivity contribution in [2.24, 2.45) is 0 Å². The molecule has 156 valence electrons. The summed E-state index contributed by atoms with van der Waals surface area (Å²) < 4.78 is 12.6. The molecule has 0 unspecified atom stereocenters. The third-order valence-corrected chi connectivity index (χ3v) is 6.11. The van der Waals surface area contributed by atoms with E-state index in [9.17, 15) is 4.79 Å². The molecule has 0 atom stereocenters. The molecule has 1 aliphatic heterocycles. The summed E-state index contributed by atoms with van der Waals surface area (Å²) in [7, 11) is 3.25. The van der Waals surface area contributed by atoms with Crippen LogP contribution in [0.4, 0.5) is 0 Å². The number of methoxy groups -OCH3 is 2. The first-order valence-electron chi connectivity index (χ1n) is 9.78. The molecule has 0 fully saturated rings. The topological polar surface area (TPSA) is 56.6 Å². The Bertz CT molecular complexity index is 1110. The molecular weight excluding hydrogens is 402 g/mol. The molecule has 0 radical (unpaired) electrons. The van der Waals surface area contributed by atoms with E-state index in [4.69, 9.17) is 21.1 Å². The summed E-state index contributed by atoms with van der Waals surface area (Å²) >= 11 is 6.25. The number of rotatable bonds is 4. The van der Waals surface area contributed by atoms with E-state index in [1.54, 1.807) is 18.9 Å². The van der Waals surface area contributed by atoms with Crippen molar-refractivity contribution in [2.75, 3.05) is 20.8 Å². The number of carbonyl (C=O) groups excluding carboxylic acids is 1. The molecule has 30 heavy (non-hydrogen) atoms. The summed E-state index contributed by atoms with van der Waals surface area (Å²) in [5, 5.41) is 5.13. The number of ether oxygens (including phenoxy) is 2. The molecule has 0 N–H and O–H groups in total. The van der Waals surface area contributed by atoms with Gasteiger partial charge in [-0.05, 0) is 67.8 Å². The van der Waals surface area contributed by atoms with E-state index in [1.165, 1.54) is 5.56 Å². The Morgan fingerprint density at radius 1 is 1.03 bits per heavy atom. The van der Waals surface area contributed by atoms with Gasteiger partial charge in [0, 0.05) is 18.7 Å². The largest absolute Gasteiger partial charge is 0.493 e. The number of halogens is 1. The Balaban J connectivity index is 1.55. The van der Waals surface area contributed by atoms with Gasteiger partial charge in [-0.2, -0.15) is 5.10 Å². The summed E-state index contributed by atoms with van der Waals surface area (Å²) in [4.78, 5) is 15.0. The smallest absolute Gasteiger partial charge is 0.254 e. The standard InChI is InChI=1S/C23H24ClN3O3/c1-14-22(24)15(2)27(25-14)19-7-5-16(6-8-19)23(28)26-10-9-17-11-20(29-3)21(30-4)12-18(17)13-26/h5-8,11-12H,9-10,13H2,1-4H3. The van der Waals surface area contributed by atoms with Crippen LogP contribution in [0.5, 0.6) is 11.5 Å². The maximum atomic E-state index is 13.1. The van der Waals surface area contributed by atoms with Crippen molar-refractivity contribution in [3.63, 3.8) is 0 Å². The van der Waals surface area contributed by atoms with E-state index in [0.29, 0.717) is 29.4 Å². The van der Waals surface area contributed by atoms with Crippen LogP contribution in [0.1, 0.15) is 32.9 Å². The van der Waals surface area contributed by atoms with Crippen molar-refractivity contribution in [2.45, 2.75) is 26.8 Å². The molecule has 2 aromatic carbocycles. The van der Waals surface area contributed by atoms with Crippen molar-refractivity contribution >= 4 is 17.5 Å². The lowest BCUT2D eigenvalue weighted by molar-refractivity contribution is 0.0734. The molecule has 0 bridgehead atoms. The monoisotopic (exact) mass is 425 g/mol. The number of aromatic nitrogens is 2. The van der Waals surface area contributed by atoms with Crippen molar-refractivity contribution in [3.8, 4) is 17.2 Å². The first-order chi connectivity index (χ1) is 14.4. The lowest BCUT2D eigenvalue weighted by Gasteiger charge is -2.29. The Morgan fingerprint density at radius 3 is 2.23 bits per heavy atom. The van der Waals surface area contributed by atoms with Gasteiger partial charge in [-0.15, -0.1) is 0 Å². The van der Waals surface area contributed by atoms with Gasteiger partial charge in [-0.25, -0.2) is 4.68 Å². The summed E-state index contributed by atoms with van der Waals surface area (Å²) in [5.41, 5.74) is 5.46. The molecule has 0 saturated heterocycles. The first kappa shape index (κ1) is 20.3. The Hall–Kier alpha value is -2.99. The maximum Gasteiger partial charge on any atom is 0.254 e. The van der Waals surface area contributed by atoms with Crippen LogP contribution in [-0.2, 0) is 13.0 Å². The molecule has 0 aliphatic carbocycles. The summed E-state index contributed by atoms with van der Waals surface area (Å²) in [6, 6.07) is 11.4. The van der Waals surface area contributed by atoms with Crippen molar-refractivity contribution in [1.29, 1.82) is 0 Å². The molecule has 0 saturated carbocycles. The highest BCUT2D eigenvalue weighted by atomic mass is 35.5. The van der Waals surface area contributed by atoms with Gasteiger partial charge >= 0.3 is 0 Å². The fourth-order valence-corrected chi connectivity index (χ4v) is 3.98. The zero-order chi connectivity index (χ0) is 21.4.